The molecule has 0 aliphatic carbocycles. The van der Waals surface area contributed by atoms with E-state index < -0.39 is 6.04 Å². The van der Waals surface area contributed by atoms with E-state index in [2.05, 4.69) is 22.3 Å². The SMILES string of the molecule is COc1ccc2c(c1)cc(C(=O)NC(C)C(=O)N1CCN(Cc3ccccc3)CC1)n2C. The van der Waals surface area contributed by atoms with Gasteiger partial charge in [-0.15, -0.1) is 0 Å². The van der Waals surface area contributed by atoms with Gasteiger partial charge in [-0.1, -0.05) is 30.3 Å². The molecule has 7 heteroatoms. The number of aromatic nitrogens is 1. The summed E-state index contributed by atoms with van der Waals surface area (Å²) >= 11 is 0. The Bertz CT molecular complexity index is 1100. The standard InChI is InChI=1S/C25H30N4O3/c1-18(25(31)29-13-11-28(12-14-29)17-19-7-5-4-6-8-19)26-24(30)23-16-20-15-21(32-3)9-10-22(20)27(23)2/h4-10,15-16,18H,11-14,17H2,1-3H3,(H,26,30). The van der Waals surface area contributed by atoms with Crippen molar-refractivity contribution in [1.29, 1.82) is 0 Å². The smallest absolute Gasteiger partial charge is 0.268 e. The molecule has 0 saturated carbocycles. The molecule has 1 unspecified atom stereocenters. The Labute approximate surface area is 188 Å². The molecule has 1 N–H and O–H groups in total. The molecule has 2 amide bonds. The quantitative estimate of drug-likeness (QED) is 0.648. The highest BCUT2D eigenvalue weighted by molar-refractivity contribution is 6.01. The van der Waals surface area contributed by atoms with Gasteiger partial charge in [0.25, 0.3) is 5.91 Å². The summed E-state index contributed by atoms with van der Waals surface area (Å²) in [6.07, 6.45) is 0. The average molecular weight is 435 g/mol. The second kappa shape index (κ2) is 9.44. The maximum atomic E-state index is 12.9. The summed E-state index contributed by atoms with van der Waals surface area (Å²) in [4.78, 5) is 30.0. The number of aryl methyl sites for hydroxylation is 1. The summed E-state index contributed by atoms with van der Waals surface area (Å²) in [5.74, 6) is 0.439. The van der Waals surface area contributed by atoms with Crippen LogP contribution in [0.3, 0.4) is 0 Å². The molecule has 1 aromatic heterocycles. The number of hydrogen-bond acceptors (Lipinski definition) is 4. The number of nitrogens with zero attached hydrogens (tertiary/aromatic N) is 3. The van der Waals surface area contributed by atoms with Crippen molar-refractivity contribution < 1.29 is 14.3 Å². The normalized spacial score (nSPS) is 15.5. The highest BCUT2D eigenvalue weighted by atomic mass is 16.5. The number of hydrogen-bond donors (Lipinski definition) is 1. The first-order valence-electron chi connectivity index (χ1n) is 11.0. The molecule has 3 aromatic rings. The minimum atomic E-state index is -0.587. The number of fused-ring (bicyclic) bond motifs is 1. The van der Waals surface area contributed by atoms with Gasteiger partial charge >= 0.3 is 0 Å². The van der Waals surface area contributed by atoms with E-state index in [4.69, 9.17) is 4.74 Å². The first kappa shape index (κ1) is 21.9. The topological polar surface area (TPSA) is 66.8 Å². The van der Waals surface area contributed by atoms with E-state index in [9.17, 15) is 9.59 Å². The van der Waals surface area contributed by atoms with Crippen molar-refractivity contribution >= 4 is 22.7 Å². The van der Waals surface area contributed by atoms with Crippen molar-refractivity contribution in [3.63, 3.8) is 0 Å². The Morgan fingerprint density at radius 1 is 1.03 bits per heavy atom. The van der Waals surface area contributed by atoms with E-state index in [-0.39, 0.29) is 11.8 Å². The van der Waals surface area contributed by atoms with Crippen LogP contribution in [0.2, 0.25) is 0 Å². The van der Waals surface area contributed by atoms with Crippen LogP contribution in [-0.4, -0.2) is 65.5 Å². The summed E-state index contributed by atoms with van der Waals surface area (Å²) in [5, 5.41) is 3.80. The van der Waals surface area contributed by atoms with Gasteiger partial charge in [-0.2, -0.15) is 0 Å². The molecule has 1 saturated heterocycles. The Morgan fingerprint density at radius 2 is 1.75 bits per heavy atom. The van der Waals surface area contributed by atoms with Gasteiger partial charge in [0.2, 0.25) is 5.91 Å². The highest BCUT2D eigenvalue weighted by Crippen LogP contribution is 2.24. The fraction of sp³-hybridized carbons (Fsp3) is 0.360. The third kappa shape index (κ3) is 4.62. The molecule has 2 heterocycles. The van der Waals surface area contributed by atoms with E-state index in [1.54, 1.807) is 14.0 Å². The molecule has 2 aromatic carbocycles. The zero-order chi connectivity index (χ0) is 22.7. The van der Waals surface area contributed by atoms with Gasteiger partial charge in [-0.05, 0) is 36.8 Å². The van der Waals surface area contributed by atoms with Gasteiger partial charge in [0.15, 0.2) is 0 Å². The lowest BCUT2D eigenvalue weighted by molar-refractivity contribution is -0.134. The zero-order valence-electron chi connectivity index (χ0n) is 18.9. The van der Waals surface area contributed by atoms with E-state index in [0.29, 0.717) is 18.8 Å². The molecule has 0 radical (unpaired) electrons. The summed E-state index contributed by atoms with van der Waals surface area (Å²) in [7, 11) is 3.47. The Morgan fingerprint density at radius 3 is 2.44 bits per heavy atom. The minimum absolute atomic E-state index is 0.0434. The number of carbonyl (C=O) groups excluding carboxylic acids is 2. The van der Waals surface area contributed by atoms with Crippen LogP contribution in [0.4, 0.5) is 0 Å². The second-order valence-corrected chi connectivity index (χ2v) is 8.30. The van der Waals surface area contributed by atoms with E-state index in [1.807, 2.05) is 59.0 Å². The minimum Gasteiger partial charge on any atom is -0.497 e. The summed E-state index contributed by atoms with van der Waals surface area (Å²) in [6, 6.07) is 17.3. The van der Waals surface area contributed by atoms with Gasteiger partial charge in [0.1, 0.15) is 17.5 Å². The maximum Gasteiger partial charge on any atom is 0.268 e. The number of piperazine rings is 1. The van der Waals surface area contributed by atoms with Crippen molar-refractivity contribution in [2.45, 2.75) is 19.5 Å². The van der Waals surface area contributed by atoms with Crippen LogP contribution in [-0.2, 0) is 18.4 Å². The van der Waals surface area contributed by atoms with Crippen molar-refractivity contribution in [2.75, 3.05) is 33.3 Å². The molecule has 7 nitrogen and oxygen atoms in total. The molecule has 32 heavy (non-hydrogen) atoms. The first-order valence-corrected chi connectivity index (χ1v) is 11.0. The summed E-state index contributed by atoms with van der Waals surface area (Å²) in [5.41, 5.74) is 2.73. The van der Waals surface area contributed by atoms with Crippen LogP contribution >= 0.6 is 0 Å². The van der Waals surface area contributed by atoms with Crippen LogP contribution < -0.4 is 10.1 Å². The number of ether oxygens (including phenoxy) is 1. The van der Waals surface area contributed by atoms with Gasteiger partial charge in [-0.3, -0.25) is 14.5 Å². The highest BCUT2D eigenvalue weighted by Gasteiger charge is 2.27. The third-order valence-corrected chi connectivity index (χ3v) is 6.13. The number of benzene rings is 2. The monoisotopic (exact) mass is 434 g/mol. The molecule has 1 fully saturated rings. The molecule has 0 bridgehead atoms. The molecule has 1 atom stereocenters. The fourth-order valence-electron chi connectivity index (χ4n) is 4.25. The molecular formula is C25H30N4O3. The molecular weight excluding hydrogens is 404 g/mol. The predicted octanol–water partition coefficient (Wildman–Crippen LogP) is 2.65. The van der Waals surface area contributed by atoms with Crippen LogP contribution in [0.25, 0.3) is 10.9 Å². The number of amides is 2. The fourth-order valence-corrected chi connectivity index (χ4v) is 4.25. The van der Waals surface area contributed by atoms with Gasteiger partial charge < -0.3 is 19.5 Å². The summed E-state index contributed by atoms with van der Waals surface area (Å²) < 4.78 is 7.11. The van der Waals surface area contributed by atoms with Crippen LogP contribution in [0.1, 0.15) is 23.0 Å². The van der Waals surface area contributed by atoms with Gasteiger partial charge in [0, 0.05) is 50.7 Å². The van der Waals surface area contributed by atoms with Gasteiger partial charge in [0.05, 0.1) is 7.11 Å². The van der Waals surface area contributed by atoms with Crippen molar-refractivity contribution in [3.05, 3.63) is 65.9 Å². The molecule has 1 aliphatic rings. The number of nitrogens with one attached hydrogen (secondary N) is 1. The van der Waals surface area contributed by atoms with E-state index in [0.717, 1.165) is 36.3 Å². The molecule has 168 valence electrons. The Hall–Kier alpha value is -3.32. The molecule has 4 rings (SSSR count). The van der Waals surface area contributed by atoms with Crippen molar-refractivity contribution in [3.8, 4) is 5.75 Å². The van der Waals surface area contributed by atoms with Gasteiger partial charge in [-0.25, -0.2) is 0 Å². The Balaban J connectivity index is 1.34. The third-order valence-electron chi connectivity index (χ3n) is 6.13. The Kier molecular flexibility index (Phi) is 6.46. The molecule has 0 spiro atoms. The van der Waals surface area contributed by atoms with E-state index in [1.165, 1.54) is 5.56 Å². The maximum absolute atomic E-state index is 12.9. The van der Waals surface area contributed by atoms with Crippen molar-refractivity contribution in [2.24, 2.45) is 7.05 Å². The first-order chi connectivity index (χ1) is 15.5. The lowest BCUT2D eigenvalue weighted by atomic mass is 10.2. The number of rotatable bonds is 6. The van der Waals surface area contributed by atoms with E-state index >= 15 is 0 Å². The predicted molar refractivity (Wildman–Crippen MR) is 125 cm³/mol. The lowest BCUT2D eigenvalue weighted by Crippen LogP contribution is -2.54. The largest absolute Gasteiger partial charge is 0.497 e. The lowest BCUT2D eigenvalue weighted by Gasteiger charge is -2.36. The average Bonchev–Trinajstić information content (AvgIpc) is 3.15. The van der Waals surface area contributed by atoms with Crippen LogP contribution in [0, 0.1) is 0 Å². The molecule has 1 aliphatic heterocycles. The van der Waals surface area contributed by atoms with Crippen LogP contribution in [0.15, 0.2) is 54.6 Å². The summed E-state index contributed by atoms with van der Waals surface area (Å²) in [6.45, 7) is 5.63. The second-order valence-electron chi connectivity index (χ2n) is 8.30. The van der Waals surface area contributed by atoms with Crippen molar-refractivity contribution in [1.82, 2.24) is 19.7 Å². The number of methoxy groups -OCH3 is 1. The van der Waals surface area contributed by atoms with Crippen LogP contribution in [0.5, 0.6) is 5.75 Å². The number of carbonyl (C=O) groups is 2. The zero-order valence-corrected chi connectivity index (χ0v) is 18.9.